The van der Waals surface area contributed by atoms with E-state index in [-0.39, 0.29) is 12.2 Å². The van der Waals surface area contributed by atoms with E-state index in [0.29, 0.717) is 26.4 Å². The predicted octanol–water partition coefficient (Wildman–Crippen LogP) is 3.43. The predicted molar refractivity (Wildman–Crippen MR) is 109 cm³/mol. The summed E-state index contributed by atoms with van der Waals surface area (Å²) in [6.45, 7) is -0.298. The smallest absolute Gasteiger partial charge is 0.240 e. The van der Waals surface area contributed by atoms with Gasteiger partial charge in [-0.2, -0.15) is 11.8 Å². The largest absolute Gasteiger partial charge is 0.354 e. The highest BCUT2D eigenvalue weighted by atomic mass is 35.5. The summed E-state index contributed by atoms with van der Waals surface area (Å²) < 4.78 is 52.2. The number of carbonyl (C=O) groups excluding carboxylic acids is 1. The van der Waals surface area contributed by atoms with Gasteiger partial charge in [-0.3, -0.25) is 9.10 Å². The lowest BCUT2D eigenvalue weighted by atomic mass is 10.2. The third-order valence-corrected chi connectivity index (χ3v) is 6.15. The molecule has 0 atom stereocenters. The molecule has 0 saturated carbocycles. The third-order valence-electron chi connectivity index (χ3n) is 3.69. The number of carbonyl (C=O) groups is 1. The second kappa shape index (κ2) is 10.1. The number of anilines is 1. The fraction of sp³-hybridized carbons (Fsp3) is 0.278. The molecular formula is C18H19ClF2N2O3S2. The summed E-state index contributed by atoms with van der Waals surface area (Å²) in [4.78, 5) is 12.1. The van der Waals surface area contributed by atoms with Crippen LogP contribution in [0.3, 0.4) is 0 Å². The van der Waals surface area contributed by atoms with Gasteiger partial charge in [0.2, 0.25) is 15.9 Å². The van der Waals surface area contributed by atoms with E-state index in [1.165, 1.54) is 42.1 Å². The highest BCUT2D eigenvalue weighted by Gasteiger charge is 2.23. The highest BCUT2D eigenvalue weighted by molar-refractivity contribution is 7.98. The molecule has 0 fully saturated rings. The van der Waals surface area contributed by atoms with Crippen molar-refractivity contribution in [2.24, 2.45) is 0 Å². The third kappa shape index (κ3) is 6.35. The second-order valence-electron chi connectivity index (χ2n) is 5.82. The number of nitrogens with zero attached hydrogens (tertiary/aromatic N) is 1. The Labute approximate surface area is 172 Å². The van der Waals surface area contributed by atoms with Gasteiger partial charge in [0.15, 0.2) is 0 Å². The second-order valence-corrected chi connectivity index (χ2v) is 9.24. The molecule has 5 nitrogen and oxygen atoms in total. The van der Waals surface area contributed by atoms with Gasteiger partial charge in [0, 0.05) is 28.6 Å². The minimum atomic E-state index is -3.85. The molecule has 0 heterocycles. The van der Waals surface area contributed by atoms with Crippen LogP contribution in [0.2, 0.25) is 5.02 Å². The molecule has 2 rings (SSSR count). The summed E-state index contributed by atoms with van der Waals surface area (Å²) >= 11 is 7.32. The van der Waals surface area contributed by atoms with E-state index >= 15 is 0 Å². The number of amides is 1. The van der Waals surface area contributed by atoms with Gasteiger partial charge in [0.05, 0.1) is 11.9 Å². The number of rotatable bonds is 9. The van der Waals surface area contributed by atoms with Crippen LogP contribution in [0.5, 0.6) is 0 Å². The normalized spacial score (nSPS) is 11.3. The summed E-state index contributed by atoms with van der Waals surface area (Å²) in [7, 11) is -3.85. The Morgan fingerprint density at radius 3 is 2.46 bits per heavy atom. The average molecular weight is 449 g/mol. The van der Waals surface area contributed by atoms with Crippen molar-refractivity contribution in [1.29, 1.82) is 0 Å². The topological polar surface area (TPSA) is 66.5 Å². The number of benzene rings is 2. The molecule has 1 amide bonds. The Hall–Kier alpha value is -1.84. The van der Waals surface area contributed by atoms with Crippen LogP contribution in [0, 0.1) is 11.6 Å². The number of halogens is 3. The summed E-state index contributed by atoms with van der Waals surface area (Å²) in [5.41, 5.74) is 0.201. The first-order chi connectivity index (χ1) is 13.2. The standard InChI is InChI=1S/C18H19ClF2N2O3S2/c1-28(25,26)23(17-8-3-2-6-16(17)21)11-18(24)22-9-10-27-12-13-14(19)5-4-7-15(13)20/h2-8H,9-12H2,1H3,(H,22,24). The van der Waals surface area contributed by atoms with Crippen molar-refractivity contribution in [2.75, 3.05) is 29.4 Å². The molecule has 2 aromatic carbocycles. The van der Waals surface area contributed by atoms with E-state index in [0.717, 1.165) is 12.3 Å². The zero-order valence-electron chi connectivity index (χ0n) is 15.0. The van der Waals surface area contributed by atoms with Gasteiger partial charge < -0.3 is 5.32 Å². The molecule has 0 bridgehead atoms. The maximum Gasteiger partial charge on any atom is 0.240 e. The molecule has 10 heteroatoms. The molecule has 1 N–H and O–H groups in total. The highest BCUT2D eigenvalue weighted by Crippen LogP contribution is 2.24. The lowest BCUT2D eigenvalue weighted by molar-refractivity contribution is -0.119. The van der Waals surface area contributed by atoms with E-state index in [1.54, 1.807) is 6.07 Å². The number of sulfonamides is 1. The zero-order valence-corrected chi connectivity index (χ0v) is 17.4. The van der Waals surface area contributed by atoms with Crippen molar-refractivity contribution in [3.8, 4) is 0 Å². The van der Waals surface area contributed by atoms with Gasteiger partial charge in [-0.05, 0) is 24.3 Å². The van der Waals surface area contributed by atoms with Crippen molar-refractivity contribution < 1.29 is 22.0 Å². The number of hydrogen-bond donors (Lipinski definition) is 1. The quantitative estimate of drug-likeness (QED) is 0.597. The number of thioether (sulfide) groups is 1. The van der Waals surface area contributed by atoms with Crippen molar-refractivity contribution in [2.45, 2.75) is 5.75 Å². The van der Waals surface area contributed by atoms with Crippen molar-refractivity contribution in [1.82, 2.24) is 5.32 Å². The lowest BCUT2D eigenvalue weighted by Crippen LogP contribution is -2.41. The Kier molecular flexibility index (Phi) is 8.09. The Morgan fingerprint density at radius 2 is 1.82 bits per heavy atom. The number of hydrogen-bond acceptors (Lipinski definition) is 4. The van der Waals surface area contributed by atoms with E-state index in [2.05, 4.69) is 5.32 Å². The minimum Gasteiger partial charge on any atom is -0.354 e. The first-order valence-electron chi connectivity index (χ1n) is 8.19. The fourth-order valence-corrected chi connectivity index (χ4v) is 4.38. The average Bonchev–Trinajstić information content (AvgIpc) is 2.61. The van der Waals surface area contributed by atoms with Crippen LogP contribution in [0.25, 0.3) is 0 Å². The lowest BCUT2D eigenvalue weighted by Gasteiger charge is -2.22. The maximum absolute atomic E-state index is 13.9. The van der Waals surface area contributed by atoms with Crippen LogP contribution in [0.4, 0.5) is 14.5 Å². The minimum absolute atomic E-state index is 0.191. The molecule has 0 spiro atoms. The first-order valence-corrected chi connectivity index (χ1v) is 11.6. The summed E-state index contributed by atoms with van der Waals surface area (Å²) in [5, 5.41) is 2.91. The Balaban J connectivity index is 1.86. The summed E-state index contributed by atoms with van der Waals surface area (Å²) in [6.07, 6.45) is 0.903. The van der Waals surface area contributed by atoms with Gasteiger partial charge in [0.25, 0.3) is 0 Å². The van der Waals surface area contributed by atoms with Crippen molar-refractivity contribution in [3.05, 3.63) is 64.7 Å². The molecule has 0 saturated heterocycles. The molecule has 28 heavy (non-hydrogen) atoms. The molecule has 0 aromatic heterocycles. The van der Waals surface area contributed by atoms with Crippen LogP contribution in [0.15, 0.2) is 42.5 Å². The number of para-hydroxylation sites is 1. The fourth-order valence-electron chi connectivity index (χ4n) is 2.33. The van der Waals surface area contributed by atoms with Gasteiger partial charge in [-0.25, -0.2) is 17.2 Å². The molecule has 0 aliphatic carbocycles. The van der Waals surface area contributed by atoms with Gasteiger partial charge >= 0.3 is 0 Å². The van der Waals surface area contributed by atoms with Crippen LogP contribution >= 0.6 is 23.4 Å². The molecule has 152 valence electrons. The van der Waals surface area contributed by atoms with Gasteiger partial charge in [0.1, 0.15) is 18.2 Å². The monoisotopic (exact) mass is 448 g/mol. The molecule has 0 aliphatic heterocycles. The van der Waals surface area contributed by atoms with Gasteiger partial charge in [-0.15, -0.1) is 0 Å². The van der Waals surface area contributed by atoms with Crippen molar-refractivity contribution in [3.63, 3.8) is 0 Å². The van der Waals surface area contributed by atoms with Crippen LogP contribution < -0.4 is 9.62 Å². The molecule has 0 radical (unpaired) electrons. The van der Waals surface area contributed by atoms with Crippen molar-refractivity contribution >= 4 is 45.0 Å². The summed E-state index contributed by atoms with van der Waals surface area (Å²) in [5.74, 6) is -0.893. The molecule has 2 aromatic rings. The Bertz CT molecular complexity index is 922. The number of nitrogens with one attached hydrogen (secondary N) is 1. The first kappa shape index (κ1) is 22.4. The van der Waals surface area contributed by atoms with E-state index in [4.69, 9.17) is 11.6 Å². The zero-order chi connectivity index (χ0) is 20.7. The van der Waals surface area contributed by atoms with Crippen LogP contribution in [0.1, 0.15) is 5.56 Å². The van der Waals surface area contributed by atoms with E-state index in [1.807, 2.05) is 0 Å². The molecule has 0 unspecified atom stereocenters. The SMILES string of the molecule is CS(=O)(=O)N(CC(=O)NCCSCc1c(F)cccc1Cl)c1ccccc1F. The van der Waals surface area contributed by atoms with Gasteiger partial charge in [-0.1, -0.05) is 29.8 Å². The van der Waals surface area contributed by atoms with E-state index in [9.17, 15) is 22.0 Å². The Morgan fingerprint density at radius 1 is 1.14 bits per heavy atom. The summed E-state index contributed by atoms with van der Waals surface area (Å²) in [6, 6.07) is 9.77. The van der Waals surface area contributed by atoms with Crippen LogP contribution in [-0.2, 0) is 20.6 Å². The van der Waals surface area contributed by atoms with E-state index < -0.39 is 34.1 Å². The maximum atomic E-state index is 13.9. The molecular weight excluding hydrogens is 430 g/mol. The molecule has 0 aliphatic rings. The van der Waals surface area contributed by atoms with Crippen LogP contribution in [-0.4, -0.2) is 39.4 Å².